The minimum atomic E-state index is -0.375. The molecule has 0 N–H and O–H groups in total. The zero-order valence-electron chi connectivity index (χ0n) is 10.6. The van der Waals surface area contributed by atoms with Gasteiger partial charge in [-0.15, -0.1) is 11.3 Å². The lowest BCUT2D eigenvalue weighted by atomic mass is 10.1. The quantitative estimate of drug-likeness (QED) is 0.770. The summed E-state index contributed by atoms with van der Waals surface area (Å²) in [5.74, 6) is -0.0844. The first-order valence-electron chi connectivity index (χ1n) is 6.24. The van der Waals surface area contributed by atoms with Crippen LogP contribution in [0, 0.1) is 0 Å². The fourth-order valence-corrected chi connectivity index (χ4v) is 2.84. The Labute approximate surface area is 110 Å². The van der Waals surface area contributed by atoms with E-state index >= 15 is 0 Å². The van der Waals surface area contributed by atoms with Crippen LogP contribution in [0.5, 0.6) is 0 Å². The van der Waals surface area contributed by atoms with Crippen LogP contribution in [-0.2, 0) is 4.79 Å². The van der Waals surface area contributed by atoms with Gasteiger partial charge in [-0.3, -0.25) is 14.6 Å². The summed E-state index contributed by atoms with van der Waals surface area (Å²) in [5, 5.41) is 2.43. The van der Waals surface area contributed by atoms with Crippen LogP contribution >= 0.6 is 11.3 Å². The van der Waals surface area contributed by atoms with E-state index in [4.69, 9.17) is 0 Å². The van der Waals surface area contributed by atoms with Gasteiger partial charge in [-0.2, -0.15) is 0 Å². The summed E-state index contributed by atoms with van der Waals surface area (Å²) < 4.78 is 0. The van der Waals surface area contributed by atoms with E-state index in [2.05, 4.69) is 4.98 Å². The van der Waals surface area contributed by atoms with Crippen molar-refractivity contribution >= 4 is 28.4 Å². The maximum Gasteiger partial charge on any atom is 0.333 e. The molecule has 1 aromatic heterocycles. The highest BCUT2D eigenvalue weighted by Gasteiger charge is 2.45. The van der Waals surface area contributed by atoms with Crippen molar-refractivity contribution in [2.24, 2.45) is 0 Å². The smallest absolute Gasteiger partial charge is 0.272 e. The van der Waals surface area contributed by atoms with Crippen LogP contribution < -0.4 is 4.90 Å². The molecule has 0 aliphatic carbocycles. The van der Waals surface area contributed by atoms with Crippen molar-refractivity contribution in [1.29, 1.82) is 0 Å². The van der Waals surface area contributed by atoms with Crippen molar-refractivity contribution < 1.29 is 9.59 Å². The van der Waals surface area contributed by atoms with Gasteiger partial charge < -0.3 is 0 Å². The van der Waals surface area contributed by atoms with E-state index in [1.807, 2.05) is 19.2 Å². The summed E-state index contributed by atoms with van der Waals surface area (Å²) >= 11 is 1.39. The van der Waals surface area contributed by atoms with Gasteiger partial charge in [0.2, 0.25) is 0 Å². The standard InChI is InChI=1S/C12H17N3O2S/c1-3-5-9-10(16)14(7-4-2)12(17)15(9)11-13-6-8-18-11/h6,8-9H,3-5,7H2,1-2H3. The van der Waals surface area contributed by atoms with E-state index < -0.39 is 0 Å². The van der Waals surface area contributed by atoms with Gasteiger partial charge in [0, 0.05) is 18.1 Å². The van der Waals surface area contributed by atoms with Crippen LogP contribution in [0.3, 0.4) is 0 Å². The molecule has 6 heteroatoms. The van der Waals surface area contributed by atoms with Crippen molar-refractivity contribution in [3.05, 3.63) is 11.6 Å². The molecule has 1 saturated heterocycles. The monoisotopic (exact) mass is 267 g/mol. The summed E-state index contributed by atoms with van der Waals surface area (Å²) in [5.41, 5.74) is 0. The molecule has 1 fully saturated rings. The molecule has 3 amide bonds. The number of nitrogens with zero attached hydrogens (tertiary/aromatic N) is 3. The Bertz CT molecular complexity index is 433. The number of hydrogen-bond donors (Lipinski definition) is 0. The SMILES string of the molecule is CCCC1C(=O)N(CCC)C(=O)N1c1nccs1. The van der Waals surface area contributed by atoms with Crippen LogP contribution in [0.25, 0.3) is 0 Å². The molecule has 0 radical (unpaired) electrons. The summed E-state index contributed by atoms with van der Waals surface area (Å²) in [4.78, 5) is 31.6. The molecule has 1 atom stereocenters. The summed E-state index contributed by atoms with van der Waals surface area (Å²) in [6, 6.07) is -0.601. The molecule has 18 heavy (non-hydrogen) atoms. The van der Waals surface area contributed by atoms with E-state index in [0.29, 0.717) is 18.1 Å². The summed E-state index contributed by atoms with van der Waals surface area (Å²) in [6.07, 6.45) is 3.99. The van der Waals surface area contributed by atoms with Gasteiger partial charge in [0.15, 0.2) is 5.13 Å². The maximum absolute atomic E-state index is 12.3. The van der Waals surface area contributed by atoms with Crippen LogP contribution in [-0.4, -0.2) is 34.4 Å². The molecule has 1 unspecified atom stereocenters. The van der Waals surface area contributed by atoms with Crippen molar-refractivity contribution in [2.75, 3.05) is 11.4 Å². The van der Waals surface area contributed by atoms with Gasteiger partial charge in [-0.1, -0.05) is 20.3 Å². The molecular formula is C12H17N3O2S. The van der Waals surface area contributed by atoms with Crippen molar-refractivity contribution in [3.63, 3.8) is 0 Å². The highest BCUT2D eigenvalue weighted by Crippen LogP contribution is 2.29. The molecule has 1 aliphatic rings. The van der Waals surface area contributed by atoms with Gasteiger partial charge in [0.25, 0.3) is 5.91 Å². The molecule has 0 spiro atoms. The molecule has 1 aliphatic heterocycles. The van der Waals surface area contributed by atoms with Crippen molar-refractivity contribution in [2.45, 2.75) is 39.2 Å². The van der Waals surface area contributed by atoms with Crippen LogP contribution in [0.1, 0.15) is 33.1 Å². The Morgan fingerprint density at radius 3 is 2.67 bits per heavy atom. The Morgan fingerprint density at radius 1 is 1.33 bits per heavy atom. The van der Waals surface area contributed by atoms with Crippen LogP contribution in [0.15, 0.2) is 11.6 Å². The fraction of sp³-hybridized carbons (Fsp3) is 0.583. The number of amides is 3. The second-order valence-electron chi connectivity index (χ2n) is 4.26. The third-order valence-electron chi connectivity index (χ3n) is 2.93. The predicted molar refractivity (Wildman–Crippen MR) is 70.7 cm³/mol. The molecule has 0 saturated carbocycles. The number of thiazole rings is 1. The normalized spacial score (nSPS) is 20.0. The number of imide groups is 1. The molecule has 98 valence electrons. The van der Waals surface area contributed by atoms with Gasteiger partial charge in [0.1, 0.15) is 6.04 Å². The molecule has 2 heterocycles. The molecule has 0 aromatic carbocycles. The Balaban J connectivity index is 2.30. The Morgan fingerprint density at radius 2 is 2.11 bits per heavy atom. The van der Waals surface area contributed by atoms with Crippen LogP contribution in [0.4, 0.5) is 9.93 Å². The first-order valence-corrected chi connectivity index (χ1v) is 7.12. The number of anilines is 1. The topological polar surface area (TPSA) is 53.5 Å². The number of carbonyl (C=O) groups excluding carboxylic acids is 2. The third kappa shape index (κ3) is 2.12. The minimum Gasteiger partial charge on any atom is -0.272 e. The van der Waals surface area contributed by atoms with E-state index in [9.17, 15) is 9.59 Å². The second-order valence-corrected chi connectivity index (χ2v) is 5.13. The third-order valence-corrected chi connectivity index (χ3v) is 3.71. The average Bonchev–Trinajstić information content (AvgIpc) is 2.94. The summed E-state index contributed by atoms with van der Waals surface area (Å²) in [7, 11) is 0. The predicted octanol–water partition coefficient (Wildman–Crippen LogP) is 2.49. The zero-order valence-corrected chi connectivity index (χ0v) is 11.4. The van der Waals surface area contributed by atoms with Crippen molar-refractivity contribution in [1.82, 2.24) is 9.88 Å². The van der Waals surface area contributed by atoms with E-state index in [0.717, 1.165) is 12.8 Å². The molecule has 2 rings (SSSR count). The number of urea groups is 1. The minimum absolute atomic E-state index is 0.0844. The van der Waals surface area contributed by atoms with Gasteiger partial charge >= 0.3 is 6.03 Å². The van der Waals surface area contributed by atoms with Crippen molar-refractivity contribution in [3.8, 4) is 0 Å². The molecule has 0 bridgehead atoms. The lowest BCUT2D eigenvalue weighted by molar-refractivity contribution is -0.127. The lowest BCUT2D eigenvalue weighted by Crippen LogP contribution is -2.35. The number of rotatable bonds is 5. The van der Waals surface area contributed by atoms with E-state index in [1.165, 1.54) is 16.2 Å². The molecule has 5 nitrogen and oxygen atoms in total. The first-order chi connectivity index (χ1) is 8.70. The Hall–Kier alpha value is -1.43. The number of aromatic nitrogens is 1. The molecular weight excluding hydrogens is 250 g/mol. The Kier molecular flexibility index (Phi) is 3.96. The zero-order chi connectivity index (χ0) is 13.1. The van der Waals surface area contributed by atoms with Gasteiger partial charge in [-0.25, -0.2) is 9.78 Å². The highest BCUT2D eigenvalue weighted by atomic mass is 32.1. The number of carbonyl (C=O) groups is 2. The van der Waals surface area contributed by atoms with E-state index in [-0.39, 0.29) is 18.0 Å². The van der Waals surface area contributed by atoms with E-state index in [1.54, 1.807) is 11.1 Å². The lowest BCUT2D eigenvalue weighted by Gasteiger charge is -2.17. The van der Waals surface area contributed by atoms with Gasteiger partial charge in [-0.05, 0) is 12.8 Å². The average molecular weight is 267 g/mol. The number of hydrogen-bond acceptors (Lipinski definition) is 4. The van der Waals surface area contributed by atoms with Gasteiger partial charge in [0.05, 0.1) is 0 Å². The maximum atomic E-state index is 12.3. The molecule has 1 aromatic rings. The first kappa shape index (κ1) is 13.0. The summed E-state index contributed by atoms with van der Waals surface area (Å²) in [6.45, 7) is 4.46. The second kappa shape index (κ2) is 5.48. The highest BCUT2D eigenvalue weighted by molar-refractivity contribution is 7.13. The fourth-order valence-electron chi connectivity index (χ4n) is 2.15. The largest absolute Gasteiger partial charge is 0.333 e. The van der Waals surface area contributed by atoms with Crippen LogP contribution in [0.2, 0.25) is 0 Å².